The van der Waals surface area contributed by atoms with Gasteiger partial charge < -0.3 is 0 Å². The van der Waals surface area contributed by atoms with E-state index in [4.69, 9.17) is 0 Å². The van der Waals surface area contributed by atoms with Crippen LogP contribution in [-0.2, 0) is 9.73 Å². The van der Waals surface area contributed by atoms with E-state index in [0.29, 0.717) is 5.75 Å². The third kappa shape index (κ3) is 1.46. The molecule has 0 saturated carbocycles. The first-order valence-electron chi connectivity index (χ1n) is 4.35. The summed E-state index contributed by atoms with van der Waals surface area (Å²) in [7, 11) is -2.10. The Kier molecular flexibility index (Phi) is 2.07. The van der Waals surface area contributed by atoms with Crippen LogP contribution in [0.15, 0.2) is 27.6 Å². The average Bonchev–Trinajstić information content (AvgIpc) is 2.54. The van der Waals surface area contributed by atoms with Crippen LogP contribution in [0.1, 0.15) is 12.1 Å². The second-order valence-electron chi connectivity index (χ2n) is 3.14. The molecule has 1 atom stereocenters. The van der Waals surface area contributed by atoms with Crippen LogP contribution in [-0.4, -0.2) is 21.5 Å². The number of nitrogens with zero attached hydrogens (tertiary/aromatic N) is 2. The molecular formula is C9H12N2OS. The van der Waals surface area contributed by atoms with E-state index in [0.717, 1.165) is 23.6 Å². The molecule has 0 amide bonds. The Labute approximate surface area is 78.4 Å². The lowest BCUT2D eigenvalue weighted by molar-refractivity contribution is 0.678. The quantitative estimate of drug-likeness (QED) is 0.685. The Morgan fingerprint density at radius 1 is 1.54 bits per heavy atom. The van der Waals surface area contributed by atoms with E-state index < -0.39 is 9.73 Å². The molecule has 1 aliphatic heterocycles. The highest BCUT2D eigenvalue weighted by molar-refractivity contribution is 7.93. The van der Waals surface area contributed by atoms with Crippen LogP contribution in [0.5, 0.6) is 0 Å². The third-order valence-electron chi connectivity index (χ3n) is 2.18. The van der Waals surface area contributed by atoms with Gasteiger partial charge in [-0.15, -0.1) is 0 Å². The monoisotopic (exact) mass is 196 g/mol. The van der Waals surface area contributed by atoms with Gasteiger partial charge in [-0.25, -0.2) is 8.57 Å². The summed E-state index contributed by atoms with van der Waals surface area (Å²) in [5, 5.41) is 0. The zero-order valence-corrected chi connectivity index (χ0v) is 8.38. The first-order chi connectivity index (χ1) is 6.22. The van der Waals surface area contributed by atoms with E-state index in [9.17, 15) is 4.21 Å². The van der Waals surface area contributed by atoms with Crippen LogP contribution in [0.4, 0.5) is 0 Å². The molecule has 0 N–H and O–H groups in total. The SMILES string of the molecule is Cc1ncccc1S1(=O)=NCCC1. The molecule has 1 aromatic rings. The molecule has 1 unspecified atom stereocenters. The Morgan fingerprint density at radius 2 is 2.38 bits per heavy atom. The Morgan fingerprint density at radius 3 is 3.00 bits per heavy atom. The fourth-order valence-corrected chi connectivity index (χ4v) is 3.76. The van der Waals surface area contributed by atoms with Crippen LogP contribution in [0, 0.1) is 6.92 Å². The van der Waals surface area contributed by atoms with Crippen molar-refractivity contribution in [3.05, 3.63) is 24.0 Å². The third-order valence-corrected chi connectivity index (χ3v) is 4.74. The minimum Gasteiger partial charge on any atom is -0.260 e. The number of pyridine rings is 1. The molecule has 13 heavy (non-hydrogen) atoms. The molecule has 2 heterocycles. The average molecular weight is 196 g/mol. The number of aryl methyl sites for hydroxylation is 1. The van der Waals surface area contributed by atoms with Crippen LogP contribution in [0.3, 0.4) is 0 Å². The fraction of sp³-hybridized carbons (Fsp3) is 0.444. The number of aromatic nitrogens is 1. The standard InChI is InChI=1S/C9H12N2OS/c1-8-9(4-2-5-10-8)13(12)7-3-6-11-13/h2,4-5H,3,6-7H2,1H3. The van der Waals surface area contributed by atoms with Crippen molar-refractivity contribution in [1.29, 1.82) is 0 Å². The van der Waals surface area contributed by atoms with Crippen LogP contribution in [0.2, 0.25) is 0 Å². The van der Waals surface area contributed by atoms with Gasteiger partial charge in [0.05, 0.1) is 20.3 Å². The predicted octanol–water partition coefficient (Wildman–Crippen LogP) is 1.62. The maximum Gasteiger partial charge on any atom is 0.0770 e. The molecule has 0 aromatic carbocycles. The minimum absolute atomic E-state index is 0.694. The van der Waals surface area contributed by atoms with Crippen molar-refractivity contribution in [1.82, 2.24) is 4.98 Å². The van der Waals surface area contributed by atoms with Gasteiger partial charge in [0.1, 0.15) is 0 Å². The van der Waals surface area contributed by atoms with Crippen molar-refractivity contribution in [2.24, 2.45) is 4.36 Å². The number of rotatable bonds is 1. The highest BCUT2D eigenvalue weighted by Crippen LogP contribution is 2.21. The van der Waals surface area contributed by atoms with Gasteiger partial charge in [0, 0.05) is 18.5 Å². The van der Waals surface area contributed by atoms with Gasteiger partial charge >= 0.3 is 0 Å². The normalized spacial score (nSPS) is 27.2. The summed E-state index contributed by atoms with van der Waals surface area (Å²) in [5.74, 6) is 0.694. The fourth-order valence-electron chi connectivity index (χ4n) is 1.52. The lowest BCUT2D eigenvalue weighted by atomic mass is 10.4. The van der Waals surface area contributed by atoms with Gasteiger partial charge in [-0.05, 0) is 25.5 Å². The second-order valence-corrected chi connectivity index (χ2v) is 5.52. The Bertz CT molecular complexity index is 433. The molecule has 3 nitrogen and oxygen atoms in total. The second kappa shape index (κ2) is 3.10. The lowest BCUT2D eigenvalue weighted by Crippen LogP contribution is -2.04. The van der Waals surface area contributed by atoms with Crippen molar-refractivity contribution in [3.8, 4) is 0 Å². The van der Waals surface area contributed by atoms with Crippen LogP contribution < -0.4 is 0 Å². The van der Waals surface area contributed by atoms with Crippen molar-refractivity contribution >= 4 is 9.73 Å². The number of hydrogen-bond donors (Lipinski definition) is 0. The largest absolute Gasteiger partial charge is 0.260 e. The van der Waals surface area contributed by atoms with E-state index in [1.165, 1.54) is 0 Å². The lowest BCUT2D eigenvalue weighted by Gasteiger charge is -2.05. The maximum absolute atomic E-state index is 12.2. The van der Waals surface area contributed by atoms with Crippen molar-refractivity contribution in [2.45, 2.75) is 18.2 Å². The molecule has 0 saturated heterocycles. The molecule has 1 aliphatic rings. The van der Waals surface area contributed by atoms with Gasteiger partial charge in [0.2, 0.25) is 0 Å². The van der Waals surface area contributed by atoms with Crippen LogP contribution in [0.25, 0.3) is 0 Å². The molecule has 0 fully saturated rings. The molecule has 4 heteroatoms. The van der Waals surface area contributed by atoms with E-state index >= 15 is 0 Å². The zero-order chi connectivity index (χ0) is 9.31. The van der Waals surface area contributed by atoms with Gasteiger partial charge in [0.15, 0.2) is 0 Å². The highest BCUT2D eigenvalue weighted by atomic mass is 32.2. The summed E-state index contributed by atoms with van der Waals surface area (Å²) in [6.07, 6.45) is 2.66. The molecule has 0 radical (unpaired) electrons. The summed E-state index contributed by atoms with van der Waals surface area (Å²) >= 11 is 0. The first kappa shape index (κ1) is 8.69. The minimum atomic E-state index is -2.10. The molecule has 0 aliphatic carbocycles. The van der Waals surface area contributed by atoms with Gasteiger partial charge in [-0.3, -0.25) is 4.98 Å². The molecular weight excluding hydrogens is 184 g/mol. The van der Waals surface area contributed by atoms with Crippen LogP contribution >= 0.6 is 0 Å². The van der Waals surface area contributed by atoms with Gasteiger partial charge in [-0.1, -0.05) is 0 Å². The molecule has 2 rings (SSSR count). The Balaban J connectivity index is 2.59. The molecule has 1 aromatic heterocycles. The van der Waals surface area contributed by atoms with E-state index in [2.05, 4.69) is 9.35 Å². The molecule has 0 spiro atoms. The summed E-state index contributed by atoms with van der Waals surface area (Å²) < 4.78 is 16.4. The zero-order valence-electron chi connectivity index (χ0n) is 7.56. The van der Waals surface area contributed by atoms with Crippen molar-refractivity contribution in [3.63, 3.8) is 0 Å². The smallest absolute Gasteiger partial charge is 0.0770 e. The van der Waals surface area contributed by atoms with Crippen molar-refractivity contribution in [2.75, 3.05) is 12.3 Å². The van der Waals surface area contributed by atoms with E-state index in [-0.39, 0.29) is 0 Å². The van der Waals surface area contributed by atoms with Gasteiger partial charge in [0.25, 0.3) is 0 Å². The van der Waals surface area contributed by atoms with Gasteiger partial charge in [-0.2, -0.15) is 0 Å². The van der Waals surface area contributed by atoms with E-state index in [1.54, 1.807) is 6.20 Å². The summed E-state index contributed by atoms with van der Waals surface area (Å²) in [5.41, 5.74) is 0.846. The summed E-state index contributed by atoms with van der Waals surface area (Å²) in [6, 6.07) is 3.70. The highest BCUT2D eigenvalue weighted by Gasteiger charge is 2.18. The predicted molar refractivity (Wildman–Crippen MR) is 52.2 cm³/mol. The topological polar surface area (TPSA) is 42.3 Å². The first-order valence-corrected chi connectivity index (χ1v) is 6.03. The summed E-state index contributed by atoms with van der Waals surface area (Å²) in [6.45, 7) is 2.61. The van der Waals surface area contributed by atoms with E-state index in [1.807, 2.05) is 19.1 Å². The molecule has 0 bridgehead atoms. The molecule has 70 valence electrons. The number of hydrogen-bond acceptors (Lipinski definition) is 3. The van der Waals surface area contributed by atoms with Crippen molar-refractivity contribution < 1.29 is 4.21 Å². The summed E-state index contributed by atoms with van der Waals surface area (Å²) in [4.78, 5) is 4.96. The maximum atomic E-state index is 12.2. The Hall–Kier alpha value is -0.900.